The zero-order valence-electron chi connectivity index (χ0n) is 15.9. The van der Waals surface area contributed by atoms with Gasteiger partial charge in [-0.25, -0.2) is 9.48 Å². The normalized spacial score (nSPS) is 11.9. The minimum atomic E-state index is -1.10. The molecule has 8 heteroatoms. The third-order valence-electron chi connectivity index (χ3n) is 4.45. The Morgan fingerprint density at radius 3 is 2.62 bits per heavy atom. The molecule has 0 bridgehead atoms. The number of thioether (sulfide) groups is 1. The summed E-state index contributed by atoms with van der Waals surface area (Å²) in [6, 6.07) is 15.7. The molecule has 2 aromatic carbocycles. The molecule has 1 heterocycles. The standard InChI is InChI=1S/C21H21N3O4S/c1-29-11-10-18(21(27)28)22-19(25)13-24-20(26)9-8-17(23-24)16-7-6-14-4-2-3-5-15(14)12-16/h2-9,12,18H,10-11,13H2,1H3,(H,22,25)(H,27,28). The van der Waals surface area contributed by atoms with Crippen molar-refractivity contribution in [2.45, 2.75) is 19.0 Å². The number of nitrogens with zero attached hydrogens (tertiary/aromatic N) is 2. The van der Waals surface area contributed by atoms with Gasteiger partial charge in [0.1, 0.15) is 12.6 Å². The van der Waals surface area contributed by atoms with E-state index in [1.165, 1.54) is 17.8 Å². The van der Waals surface area contributed by atoms with E-state index in [1.54, 1.807) is 6.07 Å². The first kappa shape index (κ1) is 20.6. The Morgan fingerprint density at radius 2 is 1.90 bits per heavy atom. The second-order valence-electron chi connectivity index (χ2n) is 6.52. The smallest absolute Gasteiger partial charge is 0.326 e. The highest BCUT2D eigenvalue weighted by atomic mass is 32.2. The molecule has 0 spiro atoms. The number of aliphatic carboxylic acids is 1. The van der Waals surface area contributed by atoms with Gasteiger partial charge in [0.2, 0.25) is 5.91 Å². The van der Waals surface area contributed by atoms with Crippen molar-refractivity contribution in [3.63, 3.8) is 0 Å². The number of hydrogen-bond donors (Lipinski definition) is 2. The molecule has 0 radical (unpaired) electrons. The SMILES string of the molecule is CSCCC(NC(=O)Cn1nc(-c2ccc3ccccc3c2)ccc1=O)C(=O)O. The first-order chi connectivity index (χ1) is 14.0. The topological polar surface area (TPSA) is 101 Å². The van der Waals surface area contributed by atoms with Crippen molar-refractivity contribution in [3.8, 4) is 11.3 Å². The van der Waals surface area contributed by atoms with E-state index in [9.17, 15) is 19.5 Å². The summed E-state index contributed by atoms with van der Waals surface area (Å²) < 4.78 is 1.05. The van der Waals surface area contributed by atoms with Gasteiger partial charge in [0.25, 0.3) is 5.56 Å². The van der Waals surface area contributed by atoms with Gasteiger partial charge in [0.05, 0.1) is 5.69 Å². The molecule has 1 aromatic heterocycles. The Labute approximate surface area is 171 Å². The number of rotatable bonds is 8. The molecular weight excluding hydrogens is 390 g/mol. The van der Waals surface area contributed by atoms with Crippen molar-refractivity contribution in [3.05, 3.63) is 65.0 Å². The average molecular weight is 411 g/mol. The minimum absolute atomic E-state index is 0.307. The van der Waals surface area contributed by atoms with Crippen LogP contribution in [0.4, 0.5) is 0 Å². The number of hydrogen-bond acceptors (Lipinski definition) is 5. The first-order valence-corrected chi connectivity index (χ1v) is 10.5. The maximum Gasteiger partial charge on any atom is 0.326 e. The molecule has 0 saturated carbocycles. The van der Waals surface area contributed by atoms with Crippen molar-refractivity contribution in [1.29, 1.82) is 0 Å². The molecular formula is C21H21N3O4S. The van der Waals surface area contributed by atoms with Crippen LogP contribution in [0, 0.1) is 0 Å². The lowest BCUT2D eigenvalue weighted by Gasteiger charge is -2.14. The predicted molar refractivity (Wildman–Crippen MR) is 114 cm³/mol. The van der Waals surface area contributed by atoms with Crippen molar-refractivity contribution < 1.29 is 14.7 Å². The maximum atomic E-state index is 12.3. The van der Waals surface area contributed by atoms with Crippen molar-refractivity contribution in [1.82, 2.24) is 15.1 Å². The Bertz CT molecular complexity index is 1100. The van der Waals surface area contributed by atoms with E-state index in [0.29, 0.717) is 17.9 Å². The maximum absolute atomic E-state index is 12.3. The molecule has 3 aromatic rings. The van der Waals surface area contributed by atoms with Gasteiger partial charge in [-0.3, -0.25) is 9.59 Å². The van der Waals surface area contributed by atoms with E-state index >= 15 is 0 Å². The molecule has 1 unspecified atom stereocenters. The highest BCUT2D eigenvalue weighted by molar-refractivity contribution is 7.98. The molecule has 0 saturated heterocycles. The number of carbonyl (C=O) groups excluding carboxylic acids is 1. The van der Waals surface area contributed by atoms with Crippen LogP contribution >= 0.6 is 11.8 Å². The number of carbonyl (C=O) groups is 2. The number of benzene rings is 2. The van der Waals surface area contributed by atoms with E-state index in [4.69, 9.17) is 0 Å². The van der Waals surface area contributed by atoms with Crippen LogP contribution in [-0.4, -0.2) is 44.8 Å². The molecule has 150 valence electrons. The number of amides is 1. The van der Waals surface area contributed by atoms with E-state index in [-0.39, 0.29) is 6.54 Å². The highest BCUT2D eigenvalue weighted by Gasteiger charge is 2.20. The number of carboxylic acids is 1. The lowest BCUT2D eigenvalue weighted by molar-refractivity contribution is -0.142. The van der Waals surface area contributed by atoms with Crippen molar-refractivity contribution >= 4 is 34.4 Å². The van der Waals surface area contributed by atoms with Gasteiger partial charge < -0.3 is 10.4 Å². The zero-order valence-corrected chi connectivity index (χ0v) is 16.7. The fourth-order valence-electron chi connectivity index (χ4n) is 2.93. The number of fused-ring (bicyclic) bond motifs is 1. The van der Waals surface area contributed by atoms with E-state index in [2.05, 4.69) is 10.4 Å². The van der Waals surface area contributed by atoms with Crippen LogP contribution in [-0.2, 0) is 16.1 Å². The molecule has 0 fully saturated rings. The quantitative estimate of drug-likeness (QED) is 0.590. The summed E-state index contributed by atoms with van der Waals surface area (Å²) >= 11 is 1.50. The lowest BCUT2D eigenvalue weighted by atomic mass is 10.1. The minimum Gasteiger partial charge on any atom is -0.480 e. The lowest BCUT2D eigenvalue weighted by Crippen LogP contribution is -2.44. The van der Waals surface area contributed by atoms with Crippen LogP contribution in [0.2, 0.25) is 0 Å². The number of aromatic nitrogens is 2. The second kappa shape index (κ2) is 9.38. The Morgan fingerprint density at radius 1 is 1.14 bits per heavy atom. The van der Waals surface area contributed by atoms with E-state index < -0.39 is 23.5 Å². The van der Waals surface area contributed by atoms with Gasteiger partial charge in [-0.05, 0) is 41.3 Å². The van der Waals surface area contributed by atoms with Gasteiger partial charge in [-0.1, -0.05) is 36.4 Å². The Balaban J connectivity index is 1.80. The van der Waals surface area contributed by atoms with Crippen LogP contribution in [0.3, 0.4) is 0 Å². The summed E-state index contributed by atoms with van der Waals surface area (Å²) in [5.74, 6) is -1.06. The molecule has 2 N–H and O–H groups in total. The molecule has 0 aliphatic heterocycles. The van der Waals surface area contributed by atoms with Gasteiger partial charge >= 0.3 is 5.97 Å². The predicted octanol–water partition coefficient (Wildman–Crippen LogP) is 2.39. The fourth-order valence-corrected chi connectivity index (χ4v) is 3.41. The molecule has 0 aliphatic rings. The Hall–Kier alpha value is -3.13. The molecule has 1 amide bonds. The van der Waals surface area contributed by atoms with Gasteiger partial charge in [0.15, 0.2) is 0 Å². The van der Waals surface area contributed by atoms with Crippen molar-refractivity contribution in [2.24, 2.45) is 0 Å². The third kappa shape index (κ3) is 5.23. The molecule has 3 rings (SSSR count). The summed E-state index contributed by atoms with van der Waals surface area (Å²) in [5.41, 5.74) is 0.947. The molecule has 29 heavy (non-hydrogen) atoms. The average Bonchev–Trinajstić information content (AvgIpc) is 2.72. The monoisotopic (exact) mass is 411 g/mol. The Kier molecular flexibility index (Phi) is 6.66. The van der Waals surface area contributed by atoms with E-state index in [0.717, 1.165) is 21.0 Å². The van der Waals surface area contributed by atoms with Crippen LogP contribution in [0.5, 0.6) is 0 Å². The largest absolute Gasteiger partial charge is 0.480 e. The van der Waals surface area contributed by atoms with Gasteiger partial charge in [-0.2, -0.15) is 16.9 Å². The summed E-state index contributed by atoms with van der Waals surface area (Å²) in [6.07, 6.45) is 2.17. The summed E-state index contributed by atoms with van der Waals surface area (Å²) in [5, 5.41) is 18.1. The van der Waals surface area contributed by atoms with Crippen LogP contribution < -0.4 is 10.9 Å². The van der Waals surface area contributed by atoms with Crippen molar-refractivity contribution in [2.75, 3.05) is 12.0 Å². The summed E-state index contributed by atoms with van der Waals surface area (Å²) in [7, 11) is 0. The van der Waals surface area contributed by atoms with E-state index in [1.807, 2.05) is 48.7 Å². The summed E-state index contributed by atoms with van der Waals surface area (Å²) in [4.78, 5) is 35.7. The second-order valence-corrected chi connectivity index (χ2v) is 7.50. The van der Waals surface area contributed by atoms with Crippen LogP contribution in [0.1, 0.15) is 6.42 Å². The third-order valence-corrected chi connectivity index (χ3v) is 5.09. The van der Waals surface area contributed by atoms with Gasteiger partial charge in [0, 0.05) is 11.6 Å². The number of nitrogens with one attached hydrogen (secondary N) is 1. The van der Waals surface area contributed by atoms with Gasteiger partial charge in [-0.15, -0.1) is 0 Å². The zero-order chi connectivity index (χ0) is 20.8. The fraction of sp³-hybridized carbons (Fsp3) is 0.238. The van der Waals surface area contributed by atoms with Crippen LogP contribution in [0.15, 0.2) is 59.4 Å². The molecule has 7 nitrogen and oxygen atoms in total. The summed E-state index contributed by atoms with van der Waals surface area (Å²) in [6.45, 7) is -0.344. The number of carboxylic acid groups (broad SMARTS) is 1. The highest BCUT2D eigenvalue weighted by Crippen LogP contribution is 2.22. The molecule has 1 atom stereocenters. The molecule has 0 aliphatic carbocycles. The first-order valence-electron chi connectivity index (χ1n) is 9.06. The van der Waals surface area contributed by atoms with Crippen LogP contribution in [0.25, 0.3) is 22.0 Å².